The highest BCUT2D eigenvalue weighted by molar-refractivity contribution is 5.78. The van der Waals surface area contributed by atoms with Gasteiger partial charge in [0.15, 0.2) is 0 Å². The normalized spacial score (nSPS) is 11.8. The minimum atomic E-state index is 0.183. The van der Waals surface area contributed by atoms with Crippen LogP contribution in [0, 0.1) is 17.8 Å². The maximum Gasteiger partial charge on any atom is 0.225 e. The van der Waals surface area contributed by atoms with Crippen LogP contribution in [0.25, 0.3) is 0 Å². The number of rotatable bonds is 7. The molecule has 19 heavy (non-hydrogen) atoms. The second-order valence-corrected chi connectivity index (χ2v) is 6.13. The molecule has 0 saturated heterocycles. The van der Waals surface area contributed by atoms with E-state index in [1.165, 1.54) is 0 Å². The first-order valence-corrected chi connectivity index (χ1v) is 7.65. The van der Waals surface area contributed by atoms with E-state index >= 15 is 0 Å². The van der Waals surface area contributed by atoms with E-state index in [0.29, 0.717) is 17.7 Å². The van der Waals surface area contributed by atoms with Crippen molar-refractivity contribution in [3.05, 3.63) is 12.7 Å². The molecule has 2 nitrogen and oxygen atoms in total. The Bertz CT molecular complexity index is 223. The zero-order valence-electron chi connectivity index (χ0n) is 14.2. The van der Waals surface area contributed by atoms with E-state index in [0.717, 1.165) is 25.9 Å². The first-order chi connectivity index (χ1) is 8.79. The molecule has 1 atom stereocenters. The van der Waals surface area contributed by atoms with Crippen molar-refractivity contribution < 1.29 is 4.79 Å². The van der Waals surface area contributed by atoms with E-state index < -0.39 is 0 Å². The van der Waals surface area contributed by atoms with Crippen LogP contribution in [0.4, 0.5) is 0 Å². The standard InChI is InChI=1S/C14H29NO.C3H6/c1-7-8-13(6)14(16)15(9-11(2)3)10-12(4)5;1-3-2/h11-13H,7-10H2,1-6H3;3H,1H2,2H3/t13-;/m0./s1. The third kappa shape index (κ3) is 12.0. The Morgan fingerprint density at radius 2 is 1.47 bits per heavy atom. The molecule has 0 aliphatic rings. The van der Waals surface area contributed by atoms with Crippen LogP contribution in [-0.4, -0.2) is 23.9 Å². The van der Waals surface area contributed by atoms with Gasteiger partial charge in [-0.2, -0.15) is 0 Å². The maximum atomic E-state index is 12.2. The van der Waals surface area contributed by atoms with Crippen LogP contribution in [-0.2, 0) is 4.79 Å². The van der Waals surface area contributed by atoms with Crippen molar-refractivity contribution in [2.24, 2.45) is 17.8 Å². The van der Waals surface area contributed by atoms with Gasteiger partial charge in [0.1, 0.15) is 0 Å². The lowest BCUT2D eigenvalue weighted by molar-refractivity contribution is -0.136. The molecule has 0 aromatic carbocycles. The van der Waals surface area contributed by atoms with Crippen molar-refractivity contribution in [2.75, 3.05) is 13.1 Å². The maximum absolute atomic E-state index is 12.2. The van der Waals surface area contributed by atoms with Crippen LogP contribution in [0.2, 0.25) is 0 Å². The molecule has 0 unspecified atom stereocenters. The average molecular weight is 269 g/mol. The van der Waals surface area contributed by atoms with Gasteiger partial charge in [-0.25, -0.2) is 0 Å². The summed E-state index contributed by atoms with van der Waals surface area (Å²) in [6, 6.07) is 0. The van der Waals surface area contributed by atoms with Gasteiger partial charge in [0, 0.05) is 19.0 Å². The van der Waals surface area contributed by atoms with Gasteiger partial charge in [-0.1, -0.05) is 54.0 Å². The summed E-state index contributed by atoms with van der Waals surface area (Å²) >= 11 is 0. The van der Waals surface area contributed by atoms with E-state index in [-0.39, 0.29) is 5.92 Å². The van der Waals surface area contributed by atoms with E-state index in [1.807, 2.05) is 6.92 Å². The Labute approximate surface area is 121 Å². The molecule has 0 aliphatic carbocycles. The molecule has 0 spiro atoms. The van der Waals surface area contributed by atoms with E-state index in [9.17, 15) is 4.79 Å². The number of amides is 1. The fraction of sp³-hybridized carbons (Fsp3) is 0.824. The van der Waals surface area contributed by atoms with Gasteiger partial charge in [0.05, 0.1) is 0 Å². The number of hydrogen-bond acceptors (Lipinski definition) is 1. The largest absolute Gasteiger partial charge is 0.342 e. The number of hydrogen-bond donors (Lipinski definition) is 0. The molecule has 0 rings (SSSR count). The fourth-order valence-electron chi connectivity index (χ4n) is 2.00. The molecule has 0 aliphatic heterocycles. The van der Waals surface area contributed by atoms with E-state index in [1.54, 1.807) is 6.08 Å². The number of carbonyl (C=O) groups is 1. The van der Waals surface area contributed by atoms with E-state index in [4.69, 9.17) is 0 Å². The molecule has 0 aromatic rings. The summed E-state index contributed by atoms with van der Waals surface area (Å²) in [6.07, 6.45) is 3.84. The van der Waals surface area contributed by atoms with Crippen molar-refractivity contribution in [2.45, 2.75) is 61.3 Å². The molecule has 0 fully saturated rings. The zero-order valence-corrected chi connectivity index (χ0v) is 14.2. The summed E-state index contributed by atoms with van der Waals surface area (Å²) in [5.74, 6) is 1.62. The molecular weight excluding hydrogens is 234 g/mol. The second-order valence-electron chi connectivity index (χ2n) is 6.13. The molecule has 0 aromatic heterocycles. The predicted molar refractivity (Wildman–Crippen MR) is 86.2 cm³/mol. The third-order valence-corrected chi connectivity index (χ3v) is 2.63. The number of nitrogens with zero attached hydrogens (tertiary/aromatic N) is 1. The lowest BCUT2D eigenvalue weighted by Crippen LogP contribution is -2.40. The van der Waals surface area contributed by atoms with Crippen LogP contribution in [0.3, 0.4) is 0 Å². The Morgan fingerprint density at radius 1 is 1.11 bits per heavy atom. The molecule has 0 saturated carbocycles. The second kappa shape index (κ2) is 12.3. The molecule has 2 heteroatoms. The summed E-state index contributed by atoms with van der Waals surface area (Å²) in [7, 11) is 0. The highest BCUT2D eigenvalue weighted by Crippen LogP contribution is 2.13. The zero-order chi connectivity index (χ0) is 15.4. The van der Waals surface area contributed by atoms with Crippen LogP contribution < -0.4 is 0 Å². The minimum Gasteiger partial charge on any atom is -0.342 e. The van der Waals surface area contributed by atoms with E-state index in [2.05, 4.69) is 53.0 Å². The Hall–Kier alpha value is -0.790. The van der Waals surface area contributed by atoms with Gasteiger partial charge >= 0.3 is 0 Å². The lowest BCUT2D eigenvalue weighted by Gasteiger charge is -2.29. The van der Waals surface area contributed by atoms with Crippen LogP contribution in [0.5, 0.6) is 0 Å². The number of carbonyl (C=O) groups excluding carboxylic acids is 1. The Kier molecular flexibility index (Phi) is 13.2. The number of allylic oxidation sites excluding steroid dienone is 1. The smallest absolute Gasteiger partial charge is 0.225 e. The summed E-state index contributed by atoms with van der Waals surface area (Å²) in [5, 5.41) is 0. The topological polar surface area (TPSA) is 20.3 Å². The minimum absolute atomic E-state index is 0.183. The van der Waals surface area contributed by atoms with Crippen molar-refractivity contribution in [1.29, 1.82) is 0 Å². The summed E-state index contributed by atoms with van der Waals surface area (Å²) in [4.78, 5) is 14.3. The van der Waals surface area contributed by atoms with Gasteiger partial charge in [-0.05, 0) is 25.2 Å². The summed E-state index contributed by atoms with van der Waals surface area (Å²) in [5.41, 5.74) is 0. The van der Waals surface area contributed by atoms with Crippen molar-refractivity contribution >= 4 is 5.91 Å². The van der Waals surface area contributed by atoms with Crippen LogP contribution in [0.15, 0.2) is 12.7 Å². The van der Waals surface area contributed by atoms with Gasteiger partial charge in [-0.15, -0.1) is 6.58 Å². The molecule has 0 heterocycles. The molecule has 0 radical (unpaired) electrons. The SMILES string of the molecule is C=CC.CCC[C@H](C)C(=O)N(CC(C)C)CC(C)C. The average Bonchev–Trinajstić information content (AvgIpc) is 2.27. The highest BCUT2D eigenvalue weighted by atomic mass is 16.2. The van der Waals surface area contributed by atoms with Gasteiger partial charge < -0.3 is 4.90 Å². The van der Waals surface area contributed by atoms with Crippen LogP contribution >= 0.6 is 0 Å². The monoisotopic (exact) mass is 269 g/mol. The van der Waals surface area contributed by atoms with Gasteiger partial charge in [0.25, 0.3) is 0 Å². The lowest BCUT2D eigenvalue weighted by atomic mass is 10.0. The molecular formula is C17H35NO. The van der Waals surface area contributed by atoms with Crippen molar-refractivity contribution in [1.82, 2.24) is 4.90 Å². The molecule has 114 valence electrons. The summed E-state index contributed by atoms with van der Waals surface area (Å²) < 4.78 is 0. The third-order valence-electron chi connectivity index (χ3n) is 2.63. The summed E-state index contributed by atoms with van der Waals surface area (Å²) in [6.45, 7) is 19.9. The molecule has 1 amide bonds. The van der Waals surface area contributed by atoms with Gasteiger partial charge in [-0.3, -0.25) is 4.79 Å². The predicted octanol–water partition coefficient (Wildman–Crippen LogP) is 4.76. The first kappa shape index (κ1) is 20.5. The Balaban J connectivity index is 0. The highest BCUT2D eigenvalue weighted by Gasteiger charge is 2.21. The first-order valence-electron chi connectivity index (χ1n) is 7.65. The van der Waals surface area contributed by atoms with Crippen LogP contribution in [0.1, 0.15) is 61.3 Å². The van der Waals surface area contributed by atoms with Gasteiger partial charge in [0.2, 0.25) is 5.91 Å². The molecule has 0 bridgehead atoms. The van der Waals surface area contributed by atoms with Crippen molar-refractivity contribution in [3.63, 3.8) is 0 Å². The Morgan fingerprint density at radius 3 is 1.74 bits per heavy atom. The molecule has 0 N–H and O–H groups in total. The van der Waals surface area contributed by atoms with Crippen molar-refractivity contribution in [3.8, 4) is 0 Å². The quantitative estimate of drug-likeness (QED) is 0.610. The fourth-order valence-corrected chi connectivity index (χ4v) is 2.00.